The molecule has 0 bridgehead atoms. The molecule has 0 unspecified atom stereocenters. The summed E-state index contributed by atoms with van der Waals surface area (Å²) in [6, 6.07) is 3.58. The molecule has 9 nitrogen and oxygen atoms in total. The number of nitrogens with zero attached hydrogens (tertiary/aromatic N) is 5. The maximum absolute atomic E-state index is 13.0. The van der Waals surface area contributed by atoms with Crippen LogP contribution in [0.4, 0.5) is 11.4 Å². The number of rotatable bonds is 5. The Morgan fingerprint density at radius 3 is 2.80 bits per heavy atom. The quantitative estimate of drug-likeness (QED) is 0.668. The number of carbonyl (C=O) groups is 2. The molecule has 4 rings (SSSR count). The molecule has 3 heterocycles. The number of anilines is 2. The summed E-state index contributed by atoms with van der Waals surface area (Å²) in [4.78, 5) is 33.8. The van der Waals surface area contributed by atoms with Crippen LogP contribution in [0.3, 0.4) is 0 Å². The molecule has 1 aromatic carbocycles. The molecule has 2 N–H and O–H groups in total. The maximum atomic E-state index is 13.0. The first kappa shape index (κ1) is 19.8. The summed E-state index contributed by atoms with van der Waals surface area (Å²) >= 11 is 0. The van der Waals surface area contributed by atoms with Crippen molar-refractivity contribution < 1.29 is 14.7 Å². The molecule has 2 amide bonds. The molecule has 1 aliphatic heterocycles. The van der Waals surface area contributed by atoms with Crippen molar-refractivity contribution in [3.63, 3.8) is 0 Å². The molecule has 0 atom stereocenters. The van der Waals surface area contributed by atoms with Crippen LogP contribution in [0.15, 0.2) is 30.7 Å². The third-order valence-corrected chi connectivity index (χ3v) is 5.30. The van der Waals surface area contributed by atoms with Crippen molar-refractivity contribution in [1.82, 2.24) is 19.5 Å². The number of hydrogen-bond acceptors (Lipinski definition) is 6. The van der Waals surface area contributed by atoms with Crippen molar-refractivity contribution in [2.45, 2.75) is 33.0 Å². The van der Waals surface area contributed by atoms with Gasteiger partial charge in [0, 0.05) is 44.6 Å². The van der Waals surface area contributed by atoms with Gasteiger partial charge in [-0.1, -0.05) is 0 Å². The standard InChI is InChI=1S/C21H24N6O3/c1-12(2)26-10-13-8-16(18(25(3)4)15(11-28)17(13)21(26)30)24-20(29)14-9-23-27-7-5-6-22-19(14)27/h5-9,12,28H,10-11H2,1-4H3,(H,24,29). The van der Waals surface area contributed by atoms with Crippen LogP contribution in [0.1, 0.15) is 45.7 Å². The van der Waals surface area contributed by atoms with Crippen molar-refractivity contribution in [3.05, 3.63) is 53.0 Å². The molecule has 156 valence electrons. The smallest absolute Gasteiger partial charge is 0.261 e. The highest BCUT2D eigenvalue weighted by Gasteiger charge is 2.34. The highest BCUT2D eigenvalue weighted by atomic mass is 16.3. The first-order valence-corrected chi connectivity index (χ1v) is 9.71. The summed E-state index contributed by atoms with van der Waals surface area (Å²) in [6.45, 7) is 4.04. The van der Waals surface area contributed by atoms with Crippen LogP contribution in [-0.4, -0.2) is 56.6 Å². The monoisotopic (exact) mass is 408 g/mol. The zero-order valence-corrected chi connectivity index (χ0v) is 17.4. The van der Waals surface area contributed by atoms with Crippen molar-refractivity contribution in [2.24, 2.45) is 0 Å². The second kappa shape index (κ2) is 7.42. The van der Waals surface area contributed by atoms with E-state index in [1.165, 1.54) is 10.7 Å². The van der Waals surface area contributed by atoms with Gasteiger partial charge in [-0.3, -0.25) is 9.59 Å². The van der Waals surface area contributed by atoms with Crippen molar-refractivity contribution in [2.75, 3.05) is 24.3 Å². The fraction of sp³-hybridized carbons (Fsp3) is 0.333. The number of hydrogen-bond donors (Lipinski definition) is 2. The zero-order valence-electron chi connectivity index (χ0n) is 17.4. The second-order valence-corrected chi connectivity index (χ2v) is 7.76. The van der Waals surface area contributed by atoms with Gasteiger partial charge in [0.25, 0.3) is 11.8 Å². The molecule has 0 aliphatic carbocycles. The van der Waals surface area contributed by atoms with E-state index < -0.39 is 0 Å². The van der Waals surface area contributed by atoms with Gasteiger partial charge in [0.05, 0.1) is 29.7 Å². The van der Waals surface area contributed by atoms with Crippen LogP contribution in [0, 0.1) is 0 Å². The Kier molecular flexibility index (Phi) is 4.90. The molecule has 0 saturated heterocycles. The van der Waals surface area contributed by atoms with E-state index in [0.717, 1.165) is 5.56 Å². The summed E-state index contributed by atoms with van der Waals surface area (Å²) in [5.41, 5.74) is 3.74. The lowest BCUT2D eigenvalue weighted by atomic mass is 9.98. The molecule has 9 heteroatoms. The van der Waals surface area contributed by atoms with Gasteiger partial charge in [0.1, 0.15) is 5.56 Å². The van der Waals surface area contributed by atoms with Gasteiger partial charge in [-0.15, -0.1) is 0 Å². The number of aromatic nitrogens is 3. The number of amides is 2. The number of nitrogens with one attached hydrogen (secondary N) is 1. The summed E-state index contributed by atoms with van der Waals surface area (Å²) in [5, 5.41) is 17.2. The second-order valence-electron chi connectivity index (χ2n) is 7.76. The highest BCUT2D eigenvalue weighted by molar-refractivity contribution is 6.11. The lowest BCUT2D eigenvalue weighted by Crippen LogP contribution is -2.31. The van der Waals surface area contributed by atoms with Crippen molar-refractivity contribution in [3.8, 4) is 0 Å². The van der Waals surface area contributed by atoms with Gasteiger partial charge in [-0.25, -0.2) is 9.50 Å². The van der Waals surface area contributed by atoms with Gasteiger partial charge in [0.2, 0.25) is 0 Å². The van der Waals surface area contributed by atoms with E-state index in [1.807, 2.05) is 34.0 Å². The molecule has 30 heavy (non-hydrogen) atoms. The van der Waals surface area contributed by atoms with E-state index in [4.69, 9.17) is 0 Å². The van der Waals surface area contributed by atoms with E-state index in [-0.39, 0.29) is 24.5 Å². The minimum absolute atomic E-state index is 0.0298. The molecule has 0 saturated carbocycles. The third-order valence-electron chi connectivity index (χ3n) is 5.30. The van der Waals surface area contributed by atoms with Gasteiger partial charge in [-0.2, -0.15) is 5.10 Å². The Bertz CT molecular complexity index is 1150. The molecule has 1 aliphatic rings. The summed E-state index contributed by atoms with van der Waals surface area (Å²) < 4.78 is 1.53. The van der Waals surface area contributed by atoms with Crippen LogP contribution < -0.4 is 10.2 Å². The molecule has 0 fully saturated rings. The minimum Gasteiger partial charge on any atom is -0.392 e. The average Bonchev–Trinajstić information content (AvgIpc) is 3.28. The van der Waals surface area contributed by atoms with Crippen molar-refractivity contribution >= 4 is 28.8 Å². The number of carbonyl (C=O) groups excluding carboxylic acids is 2. The lowest BCUT2D eigenvalue weighted by Gasteiger charge is -2.23. The van der Waals surface area contributed by atoms with E-state index in [1.54, 1.807) is 28.3 Å². The van der Waals surface area contributed by atoms with E-state index in [9.17, 15) is 14.7 Å². The van der Waals surface area contributed by atoms with E-state index >= 15 is 0 Å². The first-order chi connectivity index (χ1) is 14.3. The van der Waals surface area contributed by atoms with Crippen LogP contribution in [0.2, 0.25) is 0 Å². The maximum Gasteiger partial charge on any atom is 0.261 e. The molecule has 0 spiro atoms. The Morgan fingerprint density at radius 2 is 2.13 bits per heavy atom. The minimum atomic E-state index is -0.360. The summed E-state index contributed by atoms with van der Waals surface area (Å²) in [6.07, 6.45) is 4.79. The van der Waals surface area contributed by atoms with Gasteiger partial charge in [0.15, 0.2) is 5.65 Å². The predicted molar refractivity (Wildman–Crippen MR) is 113 cm³/mol. The predicted octanol–water partition coefficient (Wildman–Crippen LogP) is 1.90. The lowest BCUT2D eigenvalue weighted by molar-refractivity contribution is 0.0728. The van der Waals surface area contributed by atoms with Gasteiger partial charge in [-0.05, 0) is 31.5 Å². The van der Waals surface area contributed by atoms with Gasteiger partial charge < -0.3 is 20.2 Å². The molecule has 0 radical (unpaired) electrons. The fourth-order valence-electron chi connectivity index (χ4n) is 3.93. The van der Waals surface area contributed by atoms with Crippen LogP contribution in [0.25, 0.3) is 5.65 Å². The number of fused-ring (bicyclic) bond motifs is 2. The SMILES string of the molecule is CC(C)N1Cc2cc(NC(=O)c3cnn4cccnc34)c(N(C)C)c(CO)c2C1=O. The van der Waals surface area contributed by atoms with Crippen LogP contribution >= 0.6 is 0 Å². The number of aliphatic hydroxyl groups is 1. The van der Waals surface area contributed by atoms with E-state index in [2.05, 4.69) is 15.4 Å². The Morgan fingerprint density at radius 1 is 1.37 bits per heavy atom. The third kappa shape index (κ3) is 3.07. The average molecular weight is 408 g/mol. The zero-order chi connectivity index (χ0) is 21.6. The largest absolute Gasteiger partial charge is 0.392 e. The molecule has 2 aromatic heterocycles. The molecular formula is C21H24N6O3. The fourth-order valence-corrected chi connectivity index (χ4v) is 3.93. The van der Waals surface area contributed by atoms with Crippen molar-refractivity contribution in [1.29, 1.82) is 0 Å². The normalized spacial score (nSPS) is 13.3. The number of aliphatic hydroxyl groups excluding tert-OH is 1. The van der Waals surface area contributed by atoms with Crippen LogP contribution in [-0.2, 0) is 13.2 Å². The van der Waals surface area contributed by atoms with Gasteiger partial charge >= 0.3 is 0 Å². The Hall–Kier alpha value is -3.46. The summed E-state index contributed by atoms with van der Waals surface area (Å²) in [7, 11) is 3.63. The number of benzene rings is 1. The first-order valence-electron chi connectivity index (χ1n) is 9.71. The Balaban J connectivity index is 1.80. The molecular weight excluding hydrogens is 384 g/mol. The van der Waals surface area contributed by atoms with Crippen LogP contribution in [0.5, 0.6) is 0 Å². The Labute approximate surface area is 173 Å². The summed E-state index contributed by atoms with van der Waals surface area (Å²) in [5.74, 6) is -0.461. The molecule has 3 aromatic rings. The highest BCUT2D eigenvalue weighted by Crippen LogP contribution is 2.39. The van der Waals surface area contributed by atoms with E-state index in [0.29, 0.717) is 40.3 Å². The topological polar surface area (TPSA) is 103 Å².